The maximum Gasteiger partial charge on any atom is 0.0158 e. The SMILES string of the molecule is C1=CCC(CNC2CCCSC2)CC1. The molecule has 0 radical (unpaired) electrons. The molecule has 0 saturated carbocycles. The molecule has 1 aliphatic heterocycles. The summed E-state index contributed by atoms with van der Waals surface area (Å²) in [5, 5.41) is 3.74. The third-order valence-electron chi connectivity index (χ3n) is 3.23. The maximum atomic E-state index is 3.74. The summed E-state index contributed by atoms with van der Waals surface area (Å²) < 4.78 is 0. The minimum absolute atomic E-state index is 0.805. The van der Waals surface area contributed by atoms with Crippen LogP contribution >= 0.6 is 11.8 Å². The maximum absolute atomic E-state index is 3.74. The van der Waals surface area contributed by atoms with Gasteiger partial charge in [0.25, 0.3) is 0 Å². The topological polar surface area (TPSA) is 12.0 Å². The van der Waals surface area contributed by atoms with Gasteiger partial charge in [-0.2, -0.15) is 11.8 Å². The molecule has 14 heavy (non-hydrogen) atoms. The molecule has 0 amide bonds. The Hall–Kier alpha value is 0.0500. The molecule has 2 aliphatic rings. The van der Waals surface area contributed by atoms with E-state index in [2.05, 4.69) is 29.2 Å². The first-order valence-electron chi connectivity index (χ1n) is 5.91. The fourth-order valence-corrected chi connectivity index (χ4v) is 3.38. The molecule has 2 atom stereocenters. The van der Waals surface area contributed by atoms with E-state index in [1.807, 2.05) is 0 Å². The van der Waals surface area contributed by atoms with Crippen LogP contribution in [0.3, 0.4) is 0 Å². The number of rotatable bonds is 3. The molecular formula is C12H21NS. The highest BCUT2D eigenvalue weighted by atomic mass is 32.2. The Morgan fingerprint density at radius 2 is 2.29 bits per heavy atom. The normalized spacial score (nSPS) is 33.1. The predicted molar refractivity (Wildman–Crippen MR) is 64.8 cm³/mol. The van der Waals surface area contributed by atoms with E-state index in [-0.39, 0.29) is 0 Å². The summed E-state index contributed by atoms with van der Waals surface area (Å²) in [4.78, 5) is 0. The minimum Gasteiger partial charge on any atom is -0.313 e. The zero-order valence-electron chi connectivity index (χ0n) is 8.87. The van der Waals surface area contributed by atoms with Crippen LogP contribution in [0.1, 0.15) is 32.1 Å². The van der Waals surface area contributed by atoms with Crippen molar-refractivity contribution in [3.05, 3.63) is 12.2 Å². The number of hydrogen-bond acceptors (Lipinski definition) is 2. The van der Waals surface area contributed by atoms with E-state index >= 15 is 0 Å². The average molecular weight is 211 g/mol. The molecule has 1 heterocycles. The molecule has 0 aromatic rings. The predicted octanol–water partition coefficient (Wildman–Crippen LogP) is 2.83. The Labute approximate surface area is 91.7 Å². The first-order chi connectivity index (χ1) is 6.95. The lowest BCUT2D eigenvalue weighted by atomic mass is 9.94. The van der Waals surface area contributed by atoms with Crippen molar-refractivity contribution < 1.29 is 0 Å². The lowest BCUT2D eigenvalue weighted by Gasteiger charge is -2.26. The van der Waals surface area contributed by atoms with Crippen LogP contribution in [0, 0.1) is 5.92 Å². The van der Waals surface area contributed by atoms with Gasteiger partial charge < -0.3 is 5.32 Å². The summed E-state index contributed by atoms with van der Waals surface area (Å²) in [6.07, 6.45) is 11.5. The van der Waals surface area contributed by atoms with Crippen LogP contribution in [0.5, 0.6) is 0 Å². The fourth-order valence-electron chi connectivity index (χ4n) is 2.28. The van der Waals surface area contributed by atoms with Gasteiger partial charge >= 0.3 is 0 Å². The average Bonchev–Trinajstić information content (AvgIpc) is 2.29. The molecule has 2 heteroatoms. The number of hydrogen-bond donors (Lipinski definition) is 1. The summed E-state index contributed by atoms with van der Waals surface area (Å²) >= 11 is 2.11. The van der Waals surface area contributed by atoms with Gasteiger partial charge in [0.1, 0.15) is 0 Å². The zero-order valence-corrected chi connectivity index (χ0v) is 9.69. The van der Waals surface area contributed by atoms with E-state index in [0.29, 0.717) is 0 Å². The molecule has 0 spiro atoms. The zero-order chi connectivity index (χ0) is 9.64. The summed E-state index contributed by atoms with van der Waals surface area (Å²) in [6, 6.07) is 0.805. The Kier molecular flexibility index (Phi) is 4.39. The van der Waals surface area contributed by atoms with Crippen molar-refractivity contribution in [2.75, 3.05) is 18.1 Å². The molecule has 0 aromatic heterocycles. The van der Waals surface area contributed by atoms with E-state index < -0.39 is 0 Å². The van der Waals surface area contributed by atoms with Crippen molar-refractivity contribution in [3.63, 3.8) is 0 Å². The molecule has 0 bridgehead atoms. The highest BCUT2D eigenvalue weighted by Crippen LogP contribution is 2.20. The van der Waals surface area contributed by atoms with Gasteiger partial charge in [-0.1, -0.05) is 12.2 Å². The van der Waals surface area contributed by atoms with Gasteiger partial charge in [-0.3, -0.25) is 0 Å². The molecule has 1 saturated heterocycles. The van der Waals surface area contributed by atoms with Crippen molar-refractivity contribution in [2.45, 2.75) is 38.1 Å². The summed E-state index contributed by atoms with van der Waals surface area (Å²) in [7, 11) is 0. The van der Waals surface area contributed by atoms with Crippen molar-refractivity contribution >= 4 is 11.8 Å². The van der Waals surface area contributed by atoms with Gasteiger partial charge in [0.15, 0.2) is 0 Å². The van der Waals surface area contributed by atoms with Crippen molar-refractivity contribution in [3.8, 4) is 0 Å². The lowest BCUT2D eigenvalue weighted by molar-refractivity contribution is 0.401. The molecule has 1 aliphatic carbocycles. The fraction of sp³-hybridized carbons (Fsp3) is 0.833. The van der Waals surface area contributed by atoms with E-state index in [0.717, 1.165) is 12.0 Å². The Morgan fingerprint density at radius 3 is 3.00 bits per heavy atom. The standard InChI is InChI=1S/C12H21NS/c1-2-5-11(6-3-1)9-13-12-7-4-8-14-10-12/h1-2,11-13H,3-10H2. The monoisotopic (exact) mass is 211 g/mol. The first-order valence-corrected chi connectivity index (χ1v) is 7.07. The first kappa shape index (κ1) is 10.6. The lowest BCUT2D eigenvalue weighted by Crippen LogP contribution is -2.37. The molecule has 1 nitrogen and oxygen atoms in total. The van der Waals surface area contributed by atoms with Crippen LogP contribution in [-0.4, -0.2) is 24.1 Å². The van der Waals surface area contributed by atoms with E-state index in [4.69, 9.17) is 0 Å². The Morgan fingerprint density at radius 1 is 1.29 bits per heavy atom. The third kappa shape index (κ3) is 3.32. The number of allylic oxidation sites excluding steroid dienone is 2. The molecule has 2 unspecified atom stereocenters. The minimum atomic E-state index is 0.805. The third-order valence-corrected chi connectivity index (χ3v) is 4.45. The van der Waals surface area contributed by atoms with Gasteiger partial charge in [-0.25, -0.2) is 0 Å². The molecule has 80 valence electrons. The highest BCUT2D eigenvalue weighted by molar-refractivity contribution is 7.99. The summed E-state index contributed by atoms with van der Waals surface area (Å²) in [5.41, 5.74) is 0. The molecule has 1 N–H and O–H groups in total. The van der Waals surface area contributed by atoms with Crippen molar-refractivity contribution in [2.24, 2.45) is 5.92 Å². The molecule has 2 rings (SSSR count). The van der Waals surface area contributed by atoms with Gasteiger partial charge in [-0.15, -0.1) is 0 Å². The smallest absolute Gasteiger partial charge is 0.0158 e. The number of nitrogens with one attached hydrogen (secondary N) is 1. The van der Waals surface area contributed by atoms with Crippen molar-refractivity contribution in [1.82, 2.24) is 5.32 Å². The van der Waals surface area contributed by atoms with Gasteiger partial charge in [-0.05, 0) is 50.3 Å². The summed E-state index contributed by atoms with van der Waals surface area (Å²) in [6.45, 7) is 1.25. The van der Waals surface area contributed by atoms with E-state index in [9.17, 15) is 0 Å². The Bertz CT molecular complexity index is 185. The van der Waals surface area contributed by atoms with Crippen LogP contribution in [0.2, 0.25) is 0 Å². The van der Waals surface area contributed by atoms with Gasteiger partial charge in [0.2, 0.25) is 0 Å². The van der Waals surface area contributed by atoms with Gasteiger partial charge in [0.05, 0.1) is 0 Å². The second kappa shape index (κ2) is 5.82. The van der Waals surface area contributed by atoms with E-state index in [1.165, 1.54) is 50.2 Å². The Balaban J connectivity index is 1.63. The van der Waals surface area contributed by atoms with E-state index in [1.54, 1.807) is 0 Å². The second-order valence-electron chi connectivity index (χ2n) is 4.47. The molecular weight excluding hydrogens is 190 g/mol. The largest absolute Gasteiger partial charge is 0.313 e. The van der Waals surface area contributed by atoms with Crippen LogP contribution in [0.4, 0.5) is 0 Å². The van der Waals surface area contributed by atoms with Crippen LogP contribution < -0.4 is 5.32 Å². The van der Waals surface area contributed by atoms with Crippen LogP contribution in [0.25, 0.3) is 0 Å². The molecule has 1 fully saturated rings. The van der Waals surface area contributed by atoms with Crippen LogP contribution in [-0.2, 0) is 0 Å². The van der Waals surface area contributed by atoms with Crippen LogP contribution in [0.15, 0.2) is 12.2 Å². The quantitative estimate of drug-likeness (QED) is 0.720. The highest BCUT2D eigenvalue weighted by Gasteiger charge is 2.15. The second-order valence-corrected chi connectivity index (χ2v) is 5.62. The summed E-state index contributed by atoms with van der Waals surface area (Å²) in [5.74, 6) is 3.62. The van der Waals surface area contributed by atoms with Gasteiger partial charge in [0, 0.05) is 11.8 Å². The van der Waals surface area contributed by atoms with Crippen molar-refractivity contribution in [1.29, 1.82) is 0 Å². The molecule has 0 aromatic carbocycles. The number of thioether (sulfide) groups is 1.